The molecule has 1 N–H and O–H groups in total. The number of likely N-dealkylation sites (N-methyl/N-ethyl adjacent to an activating group) is 1. The number of benzene rings is 1. The molecule has 160 valence electrons. The van der Waals surface area contributed by atoms with Crippen molar-refractivity contribution in [2.75, 3.05) is 50.0 Å². The summed E-state index contributed by atoms with van der Waals surface area (Å²) in [5.41, 5.74) is 1.88. The van der Waals surface area contributed by atoms with E-state index < -0.39 is 0 Å². The van der Waals surface area contributed by atoms with Crippen LogP contribution in [-0.2, 0) is 16.0 Å². The minimum atomic E-state index is -0.287. The number of rotatable bonds is 7. The lowest BCUT2D eigenvalue weighted by Crippen LogP contribution is -2.55. The van der Waals surface area contributed by atoms with Crippen LogP contribution in [0.25, 0.3) is 0 Å². The van der Waals surface area contributed by atoms with E-state index >= 15 is 0 Å². The number of aryl methyl sites for hydroxylation is 1. The van der Waals surface area contributed by atoms with E-state index in [0.29, 0.717) is 0 Å². The van der Waals surface area contributed by atoms with Crippen LogP contribution in [0.1, 0.15) is 19.4 Å². The van der Waals surface area contributed by atoms with Crippen LogP contribution < -0.4 is 10.2 Å². The van der Waals surface area contributed by atoms with Gasteiger partial charge in [0.05, 0.1) is 12.6 Å². The van der Waals surface area contributed by atoms with Gasteiger partial charge in [0.25, 0.3) is 0 Å². The molecule has 0 aliphatic carbocycles. The van der Waals surface area contributed by atoms with Gasteiger partial charge >= 0.3 is 0 Å². The number of amides is 2. The van der Waals surface area contributed by atoms with E-state index in [1.54, 1.807) is 25.5 Å². The Morgan fingerprint density at radius 2 is 1.77 bits per heavy atom. The summed E-state index contributed by atoms with van der Waals surface area (Å²) in [6.45, 7) is 6.99. The molecular weight excluding hydrogens is 380 g/mol. The van der Waals surface area contributed by atoms with Gasteiger partial charge in [-0.15, -0.1) is 0 Å². The number of carbonyl (C=O) groups is 2. The van der Waals surface area contributed by atoms with Gasteiger partial charge in [-0.3, -0.25) is 14.5 Å². The Morgan fingerprint density at radius 1 is 1.10 bits per heavy atom. The van der Waals surface area contributed by atoms with Gasteiger partial charge in [0.2, 0.25) is 17.8 Å². The van der Waals surface area contributed by atoms with Gasteiger partial charge in [0, 0.05) is 51.3 Å². The summed E-state index contributed by atoms with van der Waals surface area (Å²) in [4.78, 5) is 39.7. The fourth-order valence-corrected chi connectivity index (χ4v) is 3.67. The molecule has 0 saturated carbocycles. The Labute approximate surface area is 177 Å². The van der Waals surface area contributed by atoms with Crippen molar-refractivity contribution in [2.45, 2.75) is 26.3 Å². The van der Waals surface area contributed by atoms with Crippen LogP contribution in [0.4, 0.5) is 11.6 Å². The second kappa shape index (κ2) is 10.2. The van der Waals surface area contributed by atoms with Crippen molar-refractivity contribution in [1.29, 1.82) is 0 Å². The zero-order valence-corrected chi connectivity index (χ0v) is 17.9. The van der Waals surface area contributed by atoms with Crippen LogP contribution in [0.3, 0.4) is 0 Å². The Bertz CT molecular complexity index is 852. The molecule has 3 rings (SSSR count). The molecule has 2 heterocycles. The number of para-hydroxylation sites is 1. The number of nitrogens with one attached hydrogen (secondary N) is 1. The predicted octanol–water partition coefficient (Wildman–Crippen LogP) is 1.65. The summed E-state index contributed by atoms with van der Waals surface area (Å²) >= 11 is 0. The van der Waals surface area contributed by atoms with Crippen molar-refractivity contribution in [2.24, 2.45) is 0 Å². The maximum Gasteiger partial charge on any atom is 0.243 e. The number of piperazine rings is 1. The maximum absolute atomic E-state index is 12.9. The van der Waals surface area contributed by atoms with Crippen molar-refractivity contribution in [1.82, 2.24) is 19.8 Å². The third kappa shape index (κ3) is 5.33. The van der Waals surface area contributed by atoms with Crippen LogP contribution >= 0.6 is 0 Å². The van der Waals surface area contributed by atoms with Crippen molar-refractivity contribution in [3.63, 3.8) is 0 Å². The average molecular weight is 411 g/mol. The van der Waals surface area contributed by atoms with E-state index in [0.717, 1.165) is 49.8 Å². The van der Waals surface area contributed by atoms with Gasteiger partial charge < -0.3 is 15.1 Å². The van der Waals surface area contributed by atoms with Gasteiger partial charge in [-0.25, -0.2) is 9.97 Å². The molecule has 1 saturated heterocycles. The third-order valence-corrected chi connectivity index (χ3v) is 5.48. The van der Waals surface area contributed by atoms with Gasteiger partial charge in [0.15, 0.2) is 0 Å². The molecule has 2 aromatic rings. The number of hydrogen-bond donors (Lipinski definition) is 1. The van der Waals surface area contributed by atoms with E-state index in [2.05, 4.69) is 25.1 Å². The van der Waals surface area contributed by atoms with E-state index in [1.807, 2.05) is 38.1 Å². The van der Waals surface area contributed by atoms with Crippen molar-refractivity contribution >= 4 is 23.5 Å². The molecular formula is C22H30N6O2. The standard InChI is InChI=1S/C22H30N6O2/c1-4-18-8-5-6-9-19(18)25-20(29)16-26(3)21(30)17(2)27-12-14-28(15-13-27)22-23-10-7-11-24-22/h5-11,17H,4,12-16H2,1-3H3,(H,25,29). The zero-order chi connectivity index (χ0) is 21.5. The average Bonchev–Trinajstić information content (AvgIpc) is 2.79. The minimum absolute atomic E-state index is 0.0268. The highest BCUT2D eigenvalue weighted by Crippen LogP contribution is 2.16. The monoisotopic (exact) mass is 410 g/mol. The van der Waals surface area contributed by atoms with Gasteiger partial charge in [-0.05, 0) is 31.0 Å². The van der Waals surface area contributed by atoms with E-state index in [-0.39, 0.29) is 24.4 Å². The van der Waals surface area contributed by atoms with E-state index in [9.17, 15) is 9.59 Å². The summed E-state index contributed by atoms with van der Waals surface area (Å²) < 4.78 is 0. The topological polar surface area (TPSA) is 81.7 Å². The summed E-state index contributed by atoms with van der Waals surface area (Å²) in [5.74, 6) is 0.473. The number of carbonyl (C=O) groups excluding carboxylic acids is 2. The lowest BCUT2D eigenvalue weighted by atomic mass is 10.1. The molecule has 1 aliphatic heterocycles. The zero-order valence-electron chi connectivity index (χ0n) is 17.9. The van der Waals surface area contributed by atoms with Crippen LogP contribution in [-0.4, -0.2) is 77.4 Å². The smallest absolute Gasteiger partial charge is 0.243 e. The SMILES string of the molecule is CCc1ccccc1NC(=O)CN(C)C(=O)C(C)N1CCN(c2ncccn2)CC1. The van der Waals surface area contributed by atoms with Gasteiger partial charge in [-0.1, -0.05) is 25.1 Å². The molecule has 8 heteroatoms. The largest absolute Gasteiger partial charge is 0.338 e. The summed E-state index contributed by atoms with van der Waals surface area (Å²) in [5, 5.41) is 2.92. The molecule has 1 aliphatic rings. The molecule has 0 radical (unpaired) electrons. The molecule has 2 amide bonds. The molecule has 1 aromatic carbocycles. The first kappa shape index (κ1) is 21.7. The van der Waals surface area contributed by atoms with Gasteiger partial charge in [0.1, 0.15) is 0 Å². The number of hydrogen-bond acceptors (Lipinski definition) is 6. The second-order valence-electron chi connectivity index (χ2n) is 7.50. The van der Waals surface area contributed by atoms with Crippen molar-refractivity contribution in [3.8, 4) is 0 Å². The molecule has 1 atom stereocenters. The summed E-state index contributed by atoms with van der Waals surface area (Å²) in [7, 11) is 1.68. The molecule has 8 nitrogen and oxygen atoms in total. The Hall–Kier alpha value is -3.00. The normalized spacial score (nSPS) is 15.5. The number of nitrogens with zero attached hydrogens (tertiary/aromatic N) is 5. The number of aromatic nitrogens is 2. The summed E-state index contributed by atoms with van der Waals surface area (Å²) in [6.07, 6.45) is 4.31. The molecule has 1 fully saturated rings. The Morgan fingerprint density at radius 3 is 2.43 bits per heavy atom. The Kier molecular flexibility index (Phi) is 7.35. The maximum atomic E-state index is 12.9. The second-order valence-corrected chi connectivity index (χ2v) is 7.50. The first-order valence-corrected chi connectivity index (χ1v) is 10.4. The minimum Gasteiger partial charge on any atom is -0.338 e. The highest BCUT2D eigenvalue weighted by atomic mass is 16.2. The first-order valence-electron chi connectivity index (χ1n) is 10.4. The van der Waals surface area contributed by atoms with Crippen LogP contribution in [0.2, 0.25) is 0 Å². The lowest BCUT2D eigenvalue weighted by molar-refractivity contribution is -0.137. The van der Waals surface area contributed by atoms with Crippen LogP contribution in [0.5, 0.6) is 0 Å². The van der Waals surface area contributed by atoms with Crippen molar-refractivity contribution in [3.05, 3.63) is 48.3 Å². The Balaban J connectivity index is 1.50. The third-order valence-electron chi connectivity index (χ3n) is 5.48. The van der Waals surface area contributed by atoms with E-state index in [4.69, 9.17) is 0 Å². The fourth-order valence-electron chi connectivity index (χ4n) is 3.67. The molecule has 0 spiro atoms. The fraction of sp³-hybridized carbons (Fsp3) is 0.455. The molecule has 1 unspecified atom stereocenters. The highest BCUT2D eigenvalue weighted by molar-refractivity contribution is 5.95. The highest BCUT2D eigenvalue weighted by Gasteiger charge is 2.28. The summed E-state index contributed by atoms with van der Waals surface area (Å²) in [6, 6.07) is 9.24. The first-order chi connectivity index (χ1) is 14.5. The van der Waals surface area contributed by atoms with Crippen molar-refractivity contribution < 1.29 is 9.59 Å². The van der Waals surface area contributed by atoms with E-state index in [1.165, 1.54) is 4.90 Å². The van der Waals surface area contributed by atoms with Crippen LogP contribution in [0, 0.1) is 0 Å². The quantitative estimate of drug-likeness (QED) is 0.748. The predicted molar refractivity (Wildman–Crippen MR) is 117 cm³/mol. The molecule has 30 heavy (non-hydrogen) atoms. The molecule has 0 bridgehead atoms. The lowest BCUT2D eigenvalue weighted by Gasteiger charge is -2.38. The number of anilines is 2. The van der Waals surface area contributed by atoms with Gasteiger partial charge in [-0.2, -0.15) is 0 Å². The molecule has 1 aromatic heterocycles. The van der Waals surface area contributed by atoms with Crippen LogP contribution in [0.15, 0.2) is 42.7 Å².